The normalized spacial score (nSPS) is 25.2. The topological polar surface area (TPSA) is 159 Å². The van der Waals surface area contributed by atoms with Crippen LogP contribution in [0.3, 0.4) is 0 Å². The number of aliphatic hydroxyl groups is 2. The van der Waals surface area contributed by atoms with Crippen LogP contribution in [0.5, 0.6) is 0 Å². The van der Waals surface area contributed by atoms with Gasteiger partial charge in [-0.05, 0) is 133 Å². The van der Waals surface area contributed by atoms with Crippen LogP contribution in [-0.4, -0.2) is 124 Å². The zero-order valence-corrected chi connectivity index (χ0v) is 63.1. The van der Waals surface area contributed by atoms with Gasteiger partial charge >= 0.3 is 11.9 Å². The molecular weight excluding hydrogens is 1210 g/mol. The van der Waals surface area contributed by atoms with Crippen molar-refractivity contribution in [3.05, 3.63) is 24.3 Å². The number of halogens is 4. The molecule has 0 amide bonds. The van der Waals surface area contributed by atoms with Gasteiger partial charge in [0.2, 0.25) is 0 Å². The van der Waals surface area contributed by atoms with Crippen molar-refractivity contribution >= 4 is 28.6 Å². The molecule has 0 radical (unpaired) electrons. The number of rotatable bonds is 41. The molecule has 4 aliphatic rings. The fraction of sp³-hybridized carbons (Fsp3) is 0.919. The smallest absolute Gasteiger partial charge is 0.303 e. The second kappa shape index (κ2) is 44.3. The Balaban J connectivity index is 0.000000568. The largest absolute Gasteiger partial charge is 0.481 e. The van der Waals surface area contributed by atoms with Crippen molar-refractivity contribution in [1.29, 1.82) is 0 Å². The first-order chi connectivity index (χ1) is 43.1. The number of carbonyl (C=O) groups is 2. The number of esters is 1. The van der Waals surface area contributed by atoms with Crippen LogP contribution < -0.4 is 0 Å². The summed E-state index contributed by atoms with van der Waals surface area (Å²) in [5, 5.41) is 30.8. The molecular formula is C74H138F4O12Si2. The predicted molar refractivity (Wildman–Crippen MR) is 371 cm³/mol. The van der Waals surface area contributed by atoms with Crippen LogP contribution >= 0.6 is 0 Å². The first kappa shape index (κ1) is 86.3. The summed E-state index contributed by atoms with van der Waals surface area (Å²) in [6.07, 6.45) is 29.8. The lowest BCUT2D eigenvalue weighted by Crippen LogP contribution is -2.48. The van der Waals surface area contributed by atoms with Crippen LogP contribution in [0.15, 0.2) is 24.3 Å². The summed E-state index contributed by atoms with van der Waals surface area (Å²) in [5.41, 5.74) is 0. The molecule has 4 fully saturated rings. The summed E-state index contributed by atoms with van der Waals surface area (Å²) in [6, 6.07) is 0. The first-order valence-electron chi connectivity index (χ1n) is 36.9. The van der Waals surface area contributed by atoms with E-state index in [2.05, 4.69) is 67.1 Å². The van der Waals surface area contributed by atoms with Crippen molar-refractivity contribution in [3.8, 4) is 0 Å². The van der Waals surface area contributed by atoms with Gasteiger partial charge in [0.05, 0.1) is 30.5 Å². The quantitative estimate of drug-likeness (QED) is 0.0175. The summed E-state index contributed by atoms with van der Waals surface area (Å²) >= 11 is 0. The van der Waals surface area contributed by atoms with Gasteiger partial charge in [-0.1, -0.05) is 196 Å². The maximum Gasteiger partial charge on any atom is 0.303 e. The molecule has 2 aliphatic heterocycles. The summed E-state index contributed by atoms with van der Waals surface area (Å²) in [6.45, 7) is 33.4. The lowest BCUT2D eigenvalue weighted by molar-refractivity contribution is -0.193. The lowest BCUT2D eigenvalue weighted by Gasteiger charge is -2.40. The minimum Gasteiger partial charge on any atom is -0.481 e. The van der Waals surface area contributed by atoms with Crippen LogP contribution in [-0.2, 0) is 42.1 Å². The summed E-state index contributed by atoms with van der Waals surface area (Å²) in [7, 11) is -4.96. The SMILES string of the molecule is CC(=O)OC(C)C.CCCCCCC(F)(F)C(/C=C/[C@H]1C(OC2CCCCO2)CC(O)C1CCCCCCCCC(=O)O)O[Si](C)(C)C(C)(C)C.CCCCCCCCC1C(O)CC(OC2CCCCO2)[C@@H]1/C=C/C(O[Si](C)(C)C(C)(C)C)C(F)(F)CCCCCC. The molecule has 3 N–H and O–H groups in total. The van der Waals surface area contributed by atoms with Gasteiger partial charge in [-0.15, -0.1) is 0 Å². The highest BCUT2D eigenvalue weighted by Crippen LogP contribution is 2.46. The van der Waals surface area contributed by atoms with E-state index < -0.39 is 58.9 Å². The molecule has 2 saturated carbocycles. The molecule has 2 aliphatic carbocycles. The van der Waals surface area contributed by atoms with Crippen molar-refractivity contribution in [3.63, 3.8) is 0 Å². The van der Waals surface area contributed by atoms with Crippen LogP contribution in [0.1, 0.15) is 295 Å². The van der Waals surface area contributed by atoms with E-state index in [1.165, 1.54) is 32.6 Å². The van der Waals surface area contributed by atoms with Gasteiger partial charge in [0.25, 0.3) is 11.8 Å². The van der Waals surface area contributed by atoms with Crippen LogP contribution in [0.2, 0.25) is 36.3 Å². The highest BCUT2D eigenvalue weighted by atomic mass is 28.4. The predicted octanol–water partition coefficient (Wildman–Crippen LogP) is 20.8. The molecule has 92 heavy (non-hydrogen) atoms. The molecule has 0 bridgehead atoms. The van der Waals surface area contributed by atoms with Crippen molar-refractivity contribution in [2.24, 2.45) is 23.7 Å². The van der Waals surface area contributed by atoms with Crippen molar-refractivity contribution < 1.29 is 75.0 Å². The Bertz CT molecular complexity index is 2000. The Morgan fingerprint density at radius 2 is 0.891 bits per heavy atom. The lowest BCUT2D eigenvalue weighted by atomic mass is 9.87. The Morgan fingerprint density at radius 3 is 1.20 bits per heavy atom. The monoisotopic (exact) mass is 1350 g/mol. The van der Waals surface area contributed by atoms with Gasteiger partial charge in [-0.3, -0.25) is 9.59 Å². The van der Waals surface area contributed by atoms with E-state index in [9.17, 15) is 19.8 Å². The molecule has 0 aromatic rings. The molecule has 12 nitrogen and oxygen atoms in total. The minimum atomic E-state index is -2.99. The van der Waals surface area contributed by atoms with Crippen LogP contribution in [0.4, 0.5) is 17.6 Å². The van der Waals surface area contributed by atoms with Crippen molar-refractivity contribution in [1.82, 2.24) is 0 Å². The van der Waals surface area contributed by atoms with Gasteiger partial charge < -0.3 is 47.9 Å². The third-order valence-electron chi connectivity index (χ3n) is 20.2. The van der Waals surface area contributed by atoms with Crippen LogP contribution in [0.25, 0.3) is 0 Å². The molecule has 0 aromatic heterocycles. The fourth-order valence-corrected chi connectivity index (χ4v) is 15.0. The van der Waals surface area contributed by atoms with E-state index in [-0.39, 0.29) is 89.9 Å². The highest BCUT2D eigenvalue weighted by Gasteiger charge is 2.50. The second-order valence-corrected chi connectivity index (χ2v) is 40.3. The Kier molecular flexibility index (Phi) is 41.6. The van der Waals surface area contributed by atoms with E-state index in [0.717, 1.165) is 135 Å². The maximum absolute atomic E-state index is 15.9. The number of aliphatic hydroxyl groups excluding tert-OH is 2. The molecule has 0 aromatic carbocycles. The molecule has 12 atom stereocenters. The number of carbonyl (C=O) groups excluding carboxylic acids is 1. The van der Waals surface area contributed by atoms with E-state index in [1.54, 1.807) is 12.2 Å². The molecule has 0 spiro atoms. The van der Waals surface area contributed by atoms with Crippen LogP contribution in [0, 0.1) is 23.7 Å². The summed E-state index contributed by atoms with van der Waals surface area (Å²) in [4.78, 5) is 20.8. The van der Waals surface area contributed by atoms with E-state index in [4.69, 9.17) is 32.9 Å². The number of alkyl halides is 4. The number of aliphatic carboxylic acids is 1. The molecule has 2 saturated heterocycles. The zero-order chi connectivity index (χ0) is 69.2. The Morgan fingerprint density at radius 1 is 0.543 bits per heavy atom. The fourth-order valence-electron chi connectivity index (χ4n) is 12.5. The summed E-state index contributed by atoms with van der Waals surface area (Å²) in [5.74, 6) is -7.32. The van der Waals surface area contributed by atoms with Gasteiger partial charge in [0, 0.05) is 64.1 Å². The van der Waals surface area contributed by atoms with Gasteiger partial charge in [0.15, 0.2) is 29.2 Å². The second-order valence-electron chi connectivity index (χ2n) is 30.8. The Hall–Kier alpha value is -1.75. The third-order valence-corrected chi connectivity index (χ3v) is 29.1. The first-order valence-corrected chi connectivity index (χ1v) is 42.7. The highest BCUT2D eigenvalue weighted by molar-refractivity contribution is 6.74. The molecule has 4 rings (SSSR count). The van der Waals surface area contributed by atoms with Gasteiger partial charge in [0.1, 0.15) is 12.2 Å². The number of ether oxygens (including phenoxy) is 5. The van der Waals surface area contributed by atoms with Gasteiger partial charge in [-0.25, -0.2) is 17.6 Å². The minimum absolute atomic E-state index is 0.00212. The molecule has 10 unspecified atom stereocenters. The van der Waals surface area contributed by atoms with Crippen molar-refractivity contribution in [2.45, 2.75) is 398 Å². The van der Waals surface area contributed by atoms with Gasteiger partial charge in [-0.2, -0.15) is 0 Å². The van der Waals surface area contributed by atoms with E-state index in [1.807, 2.05) is 52.2 Å². The third kappa shape index (κ3) is 33.7. The molecule has 2 heterocycles. The molecule has 18 heteroatoms. The number of carboxylic acids is 1. The standard InChI is InChI=1S/C35H64F2O6Si.C34H64F2O4Si.C5H10O2/c1-7-8-9-17-24-35(36,37)31(43-44(5,6)34(2,3)4)23-22-28-27(19-14-12-10-11-13-15-20-32(39)40)29(38)26-30(28)42-33-21-16-18-25-41-33;1-8-10-12-14-15-16-20-27-28(30(26-29(27)37)39-32-21-17-19-25-38-32)22-23-31(40-41(6,7)33(3,4)5)34(35,36)24-18-13-11-9-2;1-4(2)7-5(3)6/h22-23,27-31,33,38H,7-21,24-26H2,1-6H3,(H,39,40);22-23,27-32,37H,8-21,24-26H2,1-7H3;4H,1-3H3/b2*23-22+;/t27?,28-,29?,30?,31?,33?;27?,28-,29?,30?,31?,32?;/m11./s1. The average Bonchev–Trinajstić information content (AvgIpc) is 1.30. The van der Waals surface area contributed by atoms with Crippen molar-refractivity contribution in [2.75, 3.05) is 13.2 Å². The number of hydrogen-bond donors (Lipinski definition) is 3. The maximum atomic E-state index is 15.9. The zero-order valence-electron chi connectivity index (χ0n) is 61.1. The van der Waals surface area contributed by atoms with E-state index in [0.29, 0.717) is 45.3 Å². The number of carboxylic acid groups (broad SMARTS) is 1. The molecule has 542 valence electrons. The summed E-state index contributed by atoms with van der Waals surface area (Å²) < 4.78 is 106. The average molecular weight is 1350 g/mol. The van der Waals surface area contributed by atoms with E-state index >= 15 is 17.6 Å². The number of hydrogen-bond acceptors (Lipinski definition) is 11. The Labute approximate surface area is 560 Å². The number of unbranched alkanes of at least 4 members (excludes halogenated alkanes) is 16.